The van der Waals surface area contributed by atoms with E-state index in [1.54, 1.807) is 0 Å². The molecule has 0 atom stereocenters. The van der Waals surface area contributed by atoms with E-state index >= 15 is 0 Å². The van der Waals surface area contributed by atoms with E-state index in [1.165, 1.54) is 5.56 Å². The minimum Gasteiger partial charge on any atom is -0.388 e. The molecule has 64 valence electrons. The maximum absolute atomic E-state index is 3.34. The molecule has 0 aromatic heterocycles. The topological polar surface area (TPSA) is 12.0 Å². The number of benzene rings is 1. The maximum Gasteiger partial charge on any atom is 0.0337 e. The lowest BCUT2D eigenvalue weighted by atomic mass is 10.2. The summed E-state index contributed by atoms with van der Waals surface area (Å²) in [5, 5.41) is 3.98. The highest BCUT2D eigenvalue weighted by Crippen LogP contribution is 2.09. The van der Waals surface area contributed by atoms with Gasteiger partial charge in [0.05, 0.1) is 0 Å². The van der Waals surface area contributed by atoms with Crippen LogP contribution in [-0.4, -0.2) is 12.4 Å². The zero-order valence-corrected chi connectivity index (χ0v) is 8.64. The van der Waals surface area contributed by atoms with E-state index in [4.69, 9.17) is 0 Å². The lowest BCUT2D eigenvalue weighted by Gasteiger charge is -1.98. The van der Waals surface area contributed by atoms with Crippen molar-refractivity contribution < 1.29 is 0 Å². The van der Waals surface area contributed by atoms with Crippen LogP contribution in [0.1, 0.15) is 5.56 Å². The van der Waals surface area contributed by atoms with Gasteiger partial charge in [-0.1, -0.05) is 40.2 Å². The van der Waals surface area contributed by atoms with E-state index in [0.717, 1.165) is 11.0 Å². The highest BCUT2D eigenvalue weighted by atomic mass is 79.9. The molecule has 1 rings (SSSR count). The van der Waals surface area contributed by atoms with Gasteiger partial charge in [-0.15, -0.1) is 0 Å². The van der Waals surface area contributed by atoms with E-state index in [9.17, 15) is 0 Å². The van der Waals surface area contributed by atoms with Crippen molar-refractivity contribution in [3.8, 4) is 0 Å². The number of nitrogens with one attached hydrogen (secondary N) is 1. The van der Waals surface area contributed by atoms with Gasteiger partial charge in [0.1, 0.15) is 0 Å². The van der Waals surface area contributed by atoms with Crippen LogP contribution in [0.15, 0.2) is 30.3 Å². The van der Waals surface area contributed by atoms with Gasteiger partial charge in [0.25, 0.3) is 0 Å². The summed E-state index contributed by atoms with van der Waals surface area (Å²) in [6, 6.07) is 8.30. The zero-order chi connectivity index (χ0) is 8.81. The molecule has 0 spiro atoms. The Kier molecular flexibility index (Phi) is 3.88. The first-order chi connectivity index (χ1) is 5.86. The summed E-state index contributed by atoms with van der Waals surface area (Å²) in [6.07, 6.45) is 4.17. The summed E-state index contributed by atoms with van der Waals surface area (Å²) in [4.78, 5) is 0. The molecule has 0 radical (unpaired) electrons. The average molecular weight is 226 g/mol. The molecule has 1 aromatic rings. The molecule has 0 saturated heterocycles. The molecule has 0 saturated carbocycles. The minimum absolute atomic E-state index is 0.904. The monoisotopic (exact) mass is 225 g/mol. The summed E-state index contributed by atoms with van der Waals surface area (Å²) in [5.41, 5.74) is 2.37. The number of alkyl halides is 1. The Labute approximate surface area is 81.6 Å². The van der Waals surface area contributed by atoms with Crippen molar-refractivity contribution in [2.45, 2.75) is 0 Å². The van der Waals surface area contributed by atoms with Crippen molar-refractivity contribution in [3.63, 3.8) is 0 Å². The highest BCUT2D eigenvalue weighted by molar-refractivity contribution is 9.09. The Balaban J connectivity index is 2.71. The quantitative estimate of drug-likeness (QED) is 0.780. The molecular formula is C10H12BrN. The minimum atomic E-state index is 0.904. The number of hydrogen-bond donors (Lipinski definition) is 1. The number of rotatable bonds is 3. The van der Waals surface area contributed by atoms with Crippen molar-refractivity contribution in [2.75, 3.05) is 17.7 Å². The van der Waals surface area contributed by atoms with Crippen LogP contribution >= 0.6 is 15.9 Å². The summed E-state index contributed by atoms with van der Waals surface area (Å²) < 4.78 is 0. The van der Waals surface area contributed by atoms with Gasteiger partial charge in [0, 0.05) is 18.1 Å². The molecule has 0 aliphatic rings. The summed E-state index contributed by atoms with van der Waals surface area (Å²) >= 11 is 3.34. The predicted octanol–water partition coefficient (Wildman–Crippen LogP) is 3.14. The second kappa shape index (κ2) is 4.99. The molecular weight excluding hydrogens is 214 g/mol. The first kappa shape index (κ1) is 9.33. The molecule has 0 amide bonds. The molecule has 0 bridgehead atoms. The lowest BCUT2D eigenvalue weighted by molar-refractivity contribution is 1.50. The van der Waals surface area contributed by atoms with Crippen LogP contribution in [0, 0.1) is 0 Å². The first-order valence-electron chi connectivity index (χ1n) is 3.87. The standard InChI is InChI=1S/C10H12BrN/c1-12-10-6-4-9(5-7-10)3-2-8-11/h2-7,12H,8H2,1H3. The largest absolute Gasteiger partial charge is 0.388 e. The van der Waals surface area contributed by atoms with Crippen molar-refractivity contribution >= 4 is 27.7 Å². The van der Waals surface area contributed by atoms with Gasteiger partial charge < -0.3 is 5.32 Å². The van der Waals surface area contributed by atoms with Gasteiger partial charge >= 0.3 is 0 Å². The van der Waals surface area contributed by atoms with Crippen LogP contribution in [-0.2, 0) is 0 Å². The molecule has 0 heterocycles. The smallest absolute Gasteiger partial charge is 0.0337 e. The van der Waals surface area contributed by atoms with Crippen LogP contribution in [0.3, 0.4) is 0 Å². The number of hydrogen-bond acceptors (Lipinski definition) is 1. The number of anilines is 1. The van der Waals surface area contributed by atoms with Crippen molar-refractivity contribution in [2.24, 2.45) is 0 Å². The van der Waals surface area contributed by atoms with Gasteiger partial charge in [0.15, 0.2) is 0 Å². The lowest BCUT2D eigenvalue weighted by Crippen LogP contribution is -1.86. The molecule has 0 unspecified atom stereocenters. The fourth-order valence-corrected chi connectivity index (χ4v) is 1.13. The number of allylic oxidation sites excluding steroid dienone is 1. The van der Waals surface area contributed by atoms with Crippen LogP contribution < -0.4 is 5.32 Å². The molecule has 1 aromatic carbocycles. The van der Waals surface area contributed by atoms with Crippen molar-refractivity contribution in [1.29, 1.82) is 0 Å². The third-order valence-electron chi connectivity index (χ3n) is 1.60. The molecule has 12 heavy (non-hydrogen) atoms. The third kappa shape index (κ3) is 2.70. The Hall–Kier alpha value is -0.760. The normalized spacial score (nSPS) is 10.5. The van der Waals surface area contributed by atoms with Gasteiger partial charge in [-0.25, -0.2) is 0 Å². The zero-order valence-electron chi connectivity index (χ0n) is 7.05. The maximum atomic E-state index is 3.34. The Morgan fingerprint density at radius 3 is 2.50 bits per heavy atom. The second-order valence-corrected chi connectivity index (χ2v) is 3.08. The molecule has 0 aliphatic carbocycles. The van der Waals surface area contributed by atoms with Crippen LogP contribution in [0.25, 0.3) is 6.08 Å². The second-order valence-electron chi connectivity index (χ2n) is 2.43. The van der Waals surface area contributed by atoms with E-state index in [-0.39, 0.29) is 0 Å². The molecule has 1 nitrogen and oxygen atoms in total. The fourth-order valence-electron chi connectivity index (χ4n) is 0.942. The molecule has 1 N–H and O–H groups in total. The molecule has 0 aliphatic heterocycles. The third-order valence-corrected chi connectivity index (χ3v) is 1.97. The summed E-state index contributed by atoms with van der Waals surface area (Å²) in [7, 11) is 1.92. The first-order valence-corrected chi connectivity index (χ1v) is 4.99. The summed E-state index contributed by atoms with van der Waals surface area (Å²) in [5.74, 6) is 0. The van der Waals surface area contributed by atoms with E-state index in [0.29, 0.717) is 0 Å². The van der Waals surface area contributed by atoms with Crippen LogP contribution in [0.4, 0.5) is 5.69 Å². The Bertz CT molecular complexity index is 251. The van der Waals surface area contributed by atoms with Crippen molar-refractivity contribution in [1.82, 2.24) is 0 Å². The summed E-state index contributed by atoms with van der Waals surface area (Å²) in [6.45, 7) is 0. The van der Waals surface area contributed by atoms with E-state index in [1.807, 2.05) is 7.05 Å². The Morgan fingerprint density at radius 2 is 2.00 bits per heavy atom. The molecule has 2 heteroatoms. The average Bonchev–Trinajstić information content (AvgIpc) is 2.15. The fraction of sp³-hybridized carbons (Fsp3) is 0.200. The Morgan fingerprint density at radius 1 is 1.33 bits per heavy atom. The van der Waals surface area contributed by atoms with Crippen LogP contribution in [0.5, 0.6) is 0 Å². The van der Waals surface area contributed by atoms with Gasteiger partial charge in [-0.2, -0.15) is 0 Å². The number of halogens is 1. The highest BCUT2D eigenvalue weighted by Gasteiger charge is 1.87. The SMILES string of the molecule is CNc1ccc(C=CCBr)cc1. The van der Waals surface area contributed by atoms with Gasteiger partial charge in [-0.05, 0) is 17.7 Å². The van der Waals surface area contributed by atoms with Crippen molar-refractivity contribution in [3.05, 3.63) is 35.9 Å². The predicted molar refractivity (Wildman–Crippen MR) is 58.8 cm³/mol. The van der Waals surface area contributed by atoms with Gasteiger partial charge in [-0.3, -0.25) is 0 Å². The van der Waals surface area contributed by atoms with Crippen LogP contribution in [0.2, 0.25) is 0 Å². The van der Waals surface area contributed by atoms with E-state index in [2.05, 4.69) is 57.7 Å². The molecule has 0 fully saturated rings. The van der Waals surface area contributed by atoms with Gasteiger partial charge in [0.2, 0.25) is 0 Å². The van der Waals surface area contributed by atoms with E-state index < -0.39 is 0 Å².